The fourth-order valence-electron chi connectivity index (χ4n) is 0.735. The molecule has 0 aromatic carbocycles. The maximum atomic E-state index is 11.9. The van der Waals surface area contributed by atoms with E-state index in [-0.39, 0.29) is 10.2 Å². The van der Waals surface area contributed by atoms with Crippen LogP contribution >= 0.6 is 27.5 Å². The van der Waals surface area contributed by atoms with Gasteiger partial charge in [-0.25, -0.2) is 4.98 Å². The Labute approximate surface area is 95.6 Å². The highest BCUT2D eigenvalue weighted by Gasteiger charge is 2.33. The highest BCUT2D eigenvalue weighted by Crippen LogP contribution is 2.32. The number of hydrogen-bond donors (Lipinski definition) is 0. The average molecular weight is 301 g/mol. The highest BCUT2D eigenvalue weighted by atomic mass is 79.9. The molecule has 0 saturated carbocycles. The van der Waals surface area contributed by atoms with Crippen molar-refractivity contribution in [2.75, 3.05) is 0 Å². The molecule has 1 heterocycles. The number of rotatable bonds is 1. The van der Waals surface area contributed by atoms with Gasteiger partial charge in [0.25, 0.3) is 0 Å². The fourth-order valence-corrected chi connectivity index (χ4v) is 1.30. The zero-order valence-corrected chi connectivity index (χ0v) is 9.11. The van der Waals surface area contributed by atoms with Crippen molar-refractivity contribution < 1.29 is 17.9 Å². The highest BCUT2D eigenvalue weighted by molar-refractivity contribution is 9.10. The van der Waals surface area contributed by atoms with E-state index in [4.69, 9.17) is 16.9 Å². The van der Waals surface area contributed by atoms with Gasteiger partial charge in [-0.2, -0.15) is 5.26 Å². The van der Waals surface area contributed by atoms with E-state index >= 15 is 0 Å². The number of alkyl halides is 3. The summed E-state index contributed by atoms with van der Waals surface area (Å²) in [5.74, 6) is -0.852. The van der Waals surface area contributed by atoms with E-state index in [2.05, 4.69) is 25.7 Å². The third-order valence-electron chi connectivity index (χ3n) is 1.23. The molecule has 0 aliphatic rings. The summed E-state index contributed by atoms with van der Waals surface area (Å²) in [6.45, 7) is 0. The van der Waals surface area contributed by atoms with Crippen LogP contribution in [0, 0.1) is 11.3 Å². The van der Waals surface area contributed by atoms with Crippen molar-refractivity contribution >= 4 is 27.5 Å². The van der Waals surface area contributed by atoms with Crippen molar-refractivity contribution in [2.24, 2.45) is 0 Å². The summed E-state index contributed by atoms with van der Waals surface area (Å²) in [5.41, 5.74) is -0.155. The number of hydrogen-bond acceptors (Lipinski definition) is 3. The summed E-state index contributed by atoms with van der Waals surface area (Å²) in [5, 5.41) is 8.07. The summed E-state index contributed by atoms with van der Waals surface area (Å²) in [6.07, 6.45) is -4.90. The minimum Gasteiger partial charge on any atom is -0.386 e. The van der Waals surface area contributed by atoms with Crippen LogP contribution in [0.25, 0.3) is 0 Å². The van der Waals surface area contributed by atoms with Crippen molar-refractivity contribution in [3.8, 4) is 11.9 Å². The van der Waals surface area contributed by atoms with Gasteiger partial charge in [0.05, 0.1) is 5.56 Å². The maximum Gasteiger partial charge on any atom is 0.574 e. The van der Waals surface area contributed by atoms with Gasteiger partial charge in [0.1, 0.15) is 15.7 Å². The van der Waals surface area contributed by atoms with Gasteiger partial charge in [-0.05, 0) is 22.0 Å². The Morgan fingerprint density at radius 3 is 2.60 bits per heavy atom. The van der Waals surface area contributed by atoms with E-state index in [0.717, 1.165) is 0 Å². The second-order valence-corrected chi connectivity index (χ2v) is 3.46. The predicted octanol–water partition coefficient (Wildman–Crippen LogP) is 3.27. The number of nitriles is 1. The molecule has 0 N–H and O–H groups in total. The molecule has 15 heavy (non-hydrogen) atoms. The van der Waals surface area contributed by atoms with E-state index in [0.29, 0.717) is 0 Å². The maximum absolute atomic E-state index is 11.9. The molecule has 0 amide bonds. The zero-order valence-electron chi connectivity index (χ0n) is 6.77. The molecule has 0 spiro atoms. The third kappa shape index (κ3) is 3.25. The summed E-state index contributed by atoms with van der Waals surface area (Å²) < 4.78 is 39.2. The number of pyridine rings is 1. The van der Waals surface area contributed by atoms with Crippen LogP contribution in [0.15, 0.2) is 10.7 Å². The van der Waals surface area contributed by atoms with Crippen molar-refractivity contribution in [3.63, 3.8) is 0 Å². The minimum atomic E-state index is -4.90. The number of halogens is 5. The van der Waals surface area contributed by atoms with Crippen LogP contribution in [0.3, 0.4) is 0 Å². The van der Waals surface area contributed by atoms with Gasteiger partial charge < -0.3 is 4.74 Å². The minimum absolute atomic E-state index is 0.0303. The lowest BCUT2D eigenvalue weighted by Crippen LogP contribution is -2.18. The lowest BCUT2D eigenvalue weighted by atomic mass is 10.3. The van der Waals surface area contributed by atoms with Crippen molar-refractivity contribution in [1.29, 1.82) is 5.26 Å². The Hall–Kier alpha value is -1.00. The van der Waals surface area contributed by atoms with Gasteiger partial charge in [0, 0.05) is 0 Å². The number of nitrogens with zero attached hydrogens (tertiary/aromatic N) is 2. The van der Waals surface area contributed by atoms with Gasteiger partial charge in [0.15, 0.2) is 0 Å². The van der Waals surface area contributed by atoms with E-state index in [1.165, 1.54) is 6.07 Å². The van der Waals surface area contributed by atoms with Gasteiger partial charge in [-0.15, -0.1) is 13.2 Å². The molecule has 3 nitrogen and oxygen atoms in total. The topological polar surface area (TPSA) is 45.9 Å². The normalized spacial score (nSPS) is 10.9. The average Bonchev–Trinajstić information content (AvgIpc) is 2.08. The van der Waals surface area contributed by atoms with Crippen LogP contribution in [-0.2, 0) is 0 Å². The van der Waals surface area contributed by atoms with Gasteiger partial charge in [0.2, 0.25) is 5.88 Å². The molecule has 0 atom stereocenters. The first-order chi connectivity index (χ1) is 6.83. The van der Waals surface area contributed by atoms with Gasteiger partial charge in [-0.1, -0.05) is 11.6 Å². The Bertz CT molecular complexity index is 429. The molecule has 1 aromatic heterocycles. The second-order valence-electron chi connectivity index (χ2n) is 2.27. The molecule has 80 valence electrons. The molecule has 8 heteroatoms. The van der Waals surface area contributed by atoms with Crippen LogP contribution < -0.4 is 4.74 Å². The molecule has 0 saturated heterocycles. The number of aromatic nitrogens is 1. The van der Waals surface area contributed by atoms with Crippen molar-refractivity contribution in [1.82, 2.24) is 4.98 Å². The van der Waals surface area contributed by atoms with E-state index < -0.39 is 17.3 Å². The van der Waals surface area contributed by atoms with Crippen LogP contribution in [0.2, 0.25) is 5.02 Å². The van der Waals surface area contributed by atoms with Gasteiger partial charge in [-0.3, -0.25) is 0 Å². The Kier molecular flexibility index (Phi) is 3.42. The fraction of sp³-hybridized carbons (Fsp3) is 0.143. The molecule has 0 fully saturated rings. The zero-order chi connectivity index (χ0) is 11.6. The Morgan fingerprint density at radius 2 is 2.13 bits per heavy atom. The number of ether oxygens (including phenoxy) is 1. The van der Waals surface area contributed by atoms with E-state index in [9.17, 15) is 13.2 Å². The molecule has 0 aliphatic carbocycles. The smallest absolute Gasteiger partial charge is 0.386 e. The van der Waals surface area contributed by atoms with Crippen LogP contribution in [0.5, 0.6) is 5.88 Å². The summed E-state index contributed by atoms with van der Waals surface area (Å²) in [7, 11) is 0. The molecule has 0 unspecified atom stereocenters. The van der Waals surface area contributed by atoms with Crippen molar-refractivity contribution in [2.45, 2.75) is 6.36 Å². The Morgan fingerprint density at radius 1 is 1.53 bits per heavy atom. The first-order valence-corrected chi connectivity index (χ1v) is 4.52. The van der Waals surface area contributed by atoms with Crippen LogP contribution in [0.1, 0.15) is 5.56 Å². The molecular formula is C7HBrClF3N2O. The SMILES string of the molecule is N#Cc1cc(Br)nc(OC(F)(F)F)c1Cl. The largest absolute Gasteiger partial charge is 0.574 e. The molecular weight excluding hydrogens is 300 g/mol. The summed E-state index contributed by atoms with van der Waals surface area (Å²) >= 11 is 8.28. The van der Waals surface area contributed by atoms with Crippen LogP contribution in [-0.4, -0.2) is 11.3 Å². The van der Waals surface area contributed by atoms with Crippen LogP contribution in [0.4, 0.5) is 13.2 Å². The Balaban J connectivity index is 3.20. The molecule has 0 bridgehead atoms. The standard InChI is InChI=1S/C7HBrClF3N2O/c8-4-1-3(2-13)5(9)6(14-4)15-7(10,11)12/h1H. The monoisotopic (exact) mass is 300 g/mol. The summed E-state index contributed by atoms with van der Waals surface area (Å²) in [4.78, 5) is 3.36. The lowest BCUT2D eigenvalue weighted by Gasteiger charge is -2.09. The first-order valence-electron chi connectivity index (χ1n) is 3.35. The predicted molar refractivity (Wildman–Crippen MR) is 48.3 cm³/mol. The summed E-state index contributed by atoms with van der Waals surface area (Å²) in [6, 6.07) is 2.80. The molecule has 0 radical (unpaired) electrons. The molecule has 0 aliphatic heterocycles. The van der Waals surface area contributed by atoms with E-state index in [1.54, 1.807) is 6.07 Å². The van der Waals surface area contributed by atoms with E-state index in [1.807, 2.05) is 0 Å². The molecule has 1 rings (SSSR count). The quantitative estimate of drug-likeness (QED) is 0.748. The first kappa shape index (κ1) is 12.1. The lowest BCUT2D eigenvalue weighted by molar-refractivity contribution is -0.276. The van der Waals surface area contributed by atoms with Crippen molar-refractivity contribution in [3.05, 3.63) is 21.3 Å². The molecule has 1 aromatic rings. The van der Waals surface area contributed by atoms with Gasteiger partial charge >= 0.3 is 6.36 Å². The second kappa shape index (κ2) is 4.24. The third-order valence-corrected chi connectivity index (χ3v) is 2.00.